The Morgan fingerprint density at radius 2 is 1.53 bits per heavy atom. The second kappa shape index (κ2) is 9.60. The van der Waals surface area contributed by atoms with E-state index in [-0.39, 0.29) is 5.82 Å². The molecule has 3 aromatic carbocycles. The molecular weight excluding hydrogens is 377 g/mol. The van der Waals surface area contributed by atoms with Crippen LogP contribution in [0.1, 0.15) is 11.1 Å². The molecule has 0 saturated carbocycles. The molecule has 0 radical (unpaired) electrons. The van der Waals surface area contributed by atoms with Crippen molar-refractivity contribution < 1.29 is 4.39 Å². The minimum atomic E-state index is -0.204. The summed E-state index contributed by atoms with van der Waals surface area (Å²) in [5.41, 5.74) is 2.83. The van der Waals surface area contributed by atoms with Crippen LogP contribution in [0.15, 0.2) is 91.1 Å². The molecule has 0 aliphatic heterocycles. The van der Waals surface area contributed by atoms with Gasteiger partial charge >= 0.3 is 0 Å². The first kappa shape index (κ1) is 19.5. The van der Waals surface area contributed by atoms with Gasteiger partial charge in [0.05, 0.1) is 6.20 Å². The van der Waals surface area contributed by atoms with E-state index in [0.717, 1.165) is 11.3 Å². The molecule has 30 heavy (non-hydrogen) atoms. The molecule has 6 heteroatoms. The van der Waals surface area contributed by atoms with Crippen LogP contribution in [0.2, 0.25) is 0 Å². The van der Waals surface area contributed by atoms with Crippen molar-refractivity contribution in [2.75, 3.05) is 16.8 Å². The van der Waals surface area contributed by atoms with Crippen LogP contribution < -0.4 is 10.2 Å². The first-order valence-electron chi connectivity index (χ1n) is 9.83. The van der Waals surface area contributed by atoms with Gasteiger partial charge in [0.15, 0.2) is 5.82 Å². The van der Waals surface area contributed by atoms with Gasteiger partial charge in [0.25, 0.3) is 0 Å². The minimum Gasteiger partial charge on any atom is -0.353 e. The van der Waals surface area contributed by atoms with Crippen LogP contribution in [0.4, 0.5) is 21.8 Å². The van der Waals surface area contributed by atoms with E-state index in [0.29, 0.717) is 36.8 Å². The zero-order chi connectivity index (χ0) is 20.6. The molecule has 150 valence electrons. The third-order valence-electron chi connectivity index (χ3n) is 4.71. The summed E-state index contributed by atoms with van der Waals surface area (Å²) in [7, 11) is 0. The third-order valence-corrected chi connectivity index (χ3v) is 4.71. The second-order valence-corrected chi connectivity index (χ2v) is 6.81. The van der Waals surface area contributed by atoms with Crippen LogP contribution in [0.25, 0.3) is 0 Å². The van der Waals surface area contributed by atoms with Crippen molar-refractivity contribution in [1.82, 2.24) is 15.2 Å². The van der Waals surface area contributed by atoms with Crippen molar-refractivity contribution in [2.45, 2.75) is 13.0 Å². The normalized spacial score (nSPS) is 10.6. The van der Waals surface area contributed by atoms with Crippen LogP contribution in [0.3, 0.4) is 0 Å². The minimum absolute atomic E-state index is 0.204. The number of nitrogens with zero attached hydrogens (tertiary/aromatic N) is 4. The second-order valence-electron chi connectivity index (χ2n) is 6.81. The van der Waals surface area contributed by atoms with E-state index in [1.54, 1.807) is 18.3 Å². The summed E-state index contributed by atoms with van der Waals surface area (Å²) in [6.45, 7) is 1.16. The maximum Gasteiger partial charge on any atom is 0.244 e. The summed E-state index contributed by atoms with van der Waals surface area (Å²) in [4.78, 5) is 6.74. The molecule has 0 bridgehead atoms. The summed E-state index contributed by atoms with van der Waals surface area (Å²) in [5.74, 6) is 0.900. The predicted molar refractivity (Wildman–Crippen MR) is 117 cm³/mol. The fourth-order valence-electron chi connectivity index (χ4n) is 3.19. The van der Waals surface area contributed by atoms with E-state index in [4.69, 9.17) is 0 Å². The molecule has 0 saturated heterocycles. The number of benzene rings is 3. The molecule has 0 fully saturated rings. The Morgan fingerprint density at radius 3 is 2.30 bits per heavy atom. The van der Waals surface area contributed by atoms with E-state index >= 15 is 0 Å². The van der Waals surface area contributed by atoms with Crippen molar-refractivity contribution in [3.63, 3.8) is 0 Å². The third kappa shape index (κ3) is 4.97. The molecule has 0 amide bonds. The summed E-state index contributed by atoms with van der Waals surface area (Å²) in [6, 6.07) is 27.0. The quantitative estimate of drug-likeness (QED) is 0.452. The first-order chi connectivity index (χ1) is 14.8. The van der Waals surface area contributed by atoms with Gasteiger partial charge in [0, 0.05) is 18.8 Å². The Hall–Kier alpha value is -3.80. The first-order valence-corrected chi connectivity index (χ1v) is 9.83. The van der Waals surface area contributed by atoms with Crippen LogP contribution >= 0.6 is 0 Å². The van der Waals surface area contributed by atoms with Gasteiger partial charge in [-0.25, -0.2) is 4.39 Å². The molecule has 1 aromatic heterocycles. The van der Waals surface area contributed by atoms with Crippen LogP contribution in [0, 0.1) is 5.82 Å². The van der Waals surface area contributed by atoms with Gasteiger partial charge in [-0.15, -0.1) is 5.10 Å². The Labute approximate surface area is 175 Å². The number of rotatable bonds is 8. The fraction of sp³-hybridized carbons (Fsp3) is 0.125. The molecule has 4 rings (SSSR count). The van der Waals surface area contributed by atoms with Crippen molar-refractivity contribution in [3.05, 3.63) is 108 Å². The van der Waals surface area contributed by atoms with E-state index in [1.807, 2.05) is 54.6 Å². The number of halogens is 1. The van der Waals surface area contributed by atoms with Gasteiger partial charge in [-0.05, 0) is 35.7 Å². The number of anilines is 3. The summed E-state index contributed by atoms with van der Waals surface area (Å²) >= 11 is 0. The topological polar surface area (TPSA) is 53.9 Å². The molecule has 1 N–H and O–H groups in total. The van der Waals surface area contributed by atoms with E-state index in [1.165, 1.54) is 6.07 Å². The number of hydrogen-bond acceptors (Lipinski definition) is 5. The molecule has 0 unspecified atom stereocenters. The van der Waals surface area contributed by atoms with Crippen molar-refractivity contribution >= 4 is 17.5 Å². The van der Waals surface area contributed by atoms with Crippen LogP contribution in [-0.2, 0) is 13.0 Å². The number of aromatic nitrogens is 3. The summed E-state index contributed by atoms with van der Waals surface area (Å²) in [6.07, 6.45) is 2.19. The largest absolute Gasteiger partial charge is 0.353 e. The lowest BCUT2D eigenvalue weighted by atomic mass is 10.1. The molecule has 5 nitrogen and oxygen atoms in total. The predicted octanol–water partition coefficient (Wildman–Crippen LogP) is 5.00. The molecule has 0 atom stereocenters. The van der Waals surface area contributed by atoms with Crippen LogP contribution in [0.5, 0.6) is 0 Å². The molecular formula is C24H22FN5. The Bertz CT molecular complexity index is 1070. The van der Waals surface area contributed by atoms with Crippen LogP contribution in [-0.4, -0.2) is 21.7 Å². The molecule has 0 spiro atoms. The lowest BCUT2D eigenvalue weighted by Gasteiger charge is -2.24. The van der Waals surface area contributed by atoms with Gasteiger partial charge in [0.1, 0.15) is 5.82 Å². The number of nitrogens with one attached hydrogen (secondary N) is 1. The van der Waals surface area contributed by atoms with Gasteiger partial charge in [-0.2, -0.15) is 10.1 Å². The van der Waals surface area contributed by atoms with Crippen molar-refractivity contribution in [3.8, 4) is 0 Å². The van der Waals surface area contributed by atoms with E-state index in [2.05, 4.69) is 37.5 Å². The van der Waals surface area contributed by atoms with Crippen molar-refractivity contribution in [1.29, 1.82) is 0 Å². The highest BCUT2D eigenvalue weighted by molar-refractivity contribution is 5.60. The lowest BCUT2D eigenvalue weighted by molar-refractivity contribution is 0.610. The fourth-order valence-corrected chi connectivity index (χ4v) is 3.19. The van der Waals surface area contributed by atoms with Crippen molar-refractivity contribution in [2.24, 2.45) is 0 Å². The molecule has 0 aliphatic carbocycles. The highest BCUT2D eigenvalue weighted by atomic mass is 19.1. The number of para-hydroxylation sites is 1. The number of hydrogen-bond donors (Lipinski definition) is 1. The maximum absolute atomic E-state index is 13.8. The monoisotopic (exact) mass is 399 g/mol. The summed E-state index contributed by atoms with van der Waals surface area (Å²) < 4.78 is 13.8. The standard InChI is InChI=1S/C24H22FN5/c25-22-14-8-7-11-20(22)15-16-26-24-28-23(17-27-29-24)30(21-12-5-2-6-13-21)18-19-9-3-1-4-10-19/h1-14,17H,15-16,18H2,(H,26,28,29). The highest BCUT2D eigenvalue weighted by Crippen LogP contribution is 2.25. The average Bonchev–Trinajstić information content (AvgIpc) is 2.80. The zero-order valence-corrected chi connectivity index (χ0v) is 16.4. The molecule has 4 aromatic rings. The van der Waals surface area contributed by atoms with E-state index < -0.39 is 0 Å². The zero-order valence-electron chi connectivity index (χ0n) is 16.4. The Balaban J connectivity index is 1.52. The van der Waals surface area contributed by atoms with Gasteiger partial charge in [0.2, 0.25) is 5.95 Å². The SMILES string of the molecule is Fc1ccccc1CCNc1nncc(N(Cc2ccccc2)c2ccccc2)n1. The Morgan fingerprint density at radius 1 is 0.833 bits per heavy atom. The highest BCUT2D eigenvalue weighted by Gasteiger charge is 2.13. The Kier molecular flexibility index (Phi) is 6.25. The summed E-state index contributed by atoms with van der Waals surface area (Å²) in [5, 5.41) is 11.4. The average molecular weight is 399 g/mol. The van der Waals surface area contributed by atoms with Gasteiger partial charge in [-0.3, -0.25) is 0 Å². The van der Waals surface area contributed by atoms with Gasteiger partial charge < -0.3 is 10.2 Å². The molecule has 0 aliphatic rings. The smallest absolute Gasteiger partial charge is 0.244 e. The van der Waals surface area contributed by atoms with E-state index in [9.17, 15) is 4.39 Å². The lowest BCUT2D eigenvalue weighted by Crippen LogP contribution is -2.19. The molecule has 1 heterocycles. The van der Waals surface area contributed by atoms with Gasteiger partial charge in [-0.1, -0.05) is 66.7 Å². The maximum atomic E-state index is 13.8.